The van der Waals surface area contributed by atoms with Crippen LogP contribution in [0, 0.1) is 0 Å². The topological polar surface area (TPSA) is 84.4 Å². The van der Waals surface area contributed by atoms with Gasteiger partial charge in [0.25, 0.3) is 0 Å². The summed E-state index contributed by atoms with van der Waals surface area (Å²) < 4.78 is 0.940. The number of aromatic nitrogens is 2. The summed E-state index contributed by atoms with van der Waals surface area (Å²) in [7, 11) is 0. The molecule has 2 heterocycles. The molecular weight excluding hydrogens is 328 g/mol. The number of oxime groups is 1. The highest BCUT2D eigenvalue weighted by atomic mass is 79.9. The van der Waals surface area contributed by atoms with E-state index in [1.807, 2.05) is 24.3 Å². The van der Waals surface area contributed by atoms with Gasteiger partial charge in [0.15, 0.2) is 5.84 Å². The Labute approximate surface area is 123 Å². The van der Waals surface area contributed by atoms with Crippen LogP contribution < -0.4 is 5.73 Å². The second kappa shape index (κ2) is 6.53. The summed E-state index contributed by atoms with van der Waals surface area (Å²) in [6, 6.07) is 7.57. The Balaban J connectivity index is 2.13. The van der Waals surface area contributed by atoms with Crippen molar-refractivity contribution < 1.29 is 5.21 Å². The predicted octanol–water partition coefficient (Wildman–Crippen LogP) is 2.63. The van der Waals surface area contributed by atoms with Crippen LogP contribution in [0.5, 0.6) is 0 Å². The maximum Gasteiger partial charge on any atom is 0.189 e. The van der Waals surface area contributed by atoms with E-state index in [0.717, 1.165) is 15.1 Å². The number of hydrogen-bond donors (Lipinski definition) is 2. The SMILES string of the molecule is NC(=NO)c1ncccc1CSc1ccc(Br)cn1. The van der Waals surface area contributed by atoms with Crippen LogP contribution in [0.4, 0.5) is 0 Å². The average Bonchev–Trinajstić information content (AvgIpc) is 2.46. The largest absolute Gasteiger partial charge is 0.409 e. The van der Waals surface area contributed by atoms with Crippen molar-refractivity contribution in [3.63, 3.8) is 0 Å². The van der Waals surface area contributed by atoms with E-state index in [1.54, 1.807) is 24.2 Å². The molecule has 0 unspecified atom stereocenters. The van der Waals surface area contributed by atoms with Gasteiger partial charge in [0.2, 0.25) is 0 Å². The van der Waals surface area contributed by atoms with Gasteiger partial charge < -0.3 is 10.9 Å². The van der Waals surface area contributed by atoms with Gasteiger partial charge in [-0.2, -0.15) is 0 Å². The van der Waals surface area contributed by atoms with Gasteiger partial charge in [-0.3, -0.25) is 4.98 Å². The highest BCUT2D eigenvalue weighted by molar-refractivity contribution is 9.10. The molecule has 19 heavy (non-hydrogen) atoms. The molecule has 7 heteroatoms. The zero-order valence-electron chi connectivity index (χ0n) is 9.82. The summed E-state index contributed by atoms with van der Waals surface area (Å²) in [5.41, 5.74) is 6.98. The molecule has 0 aliphatic rings. The Kier molecular flexibility index (Phi) is 4.75. The maximum absolute atomic E-state index is 8.73. The number of pyridine rings is 2. The van der Waals surface area contributed by atoms with E-state index < -0.39 is 0 Å². The molecule has 0 aliphatic carbocycles. The second-order valence-electron chi connectivity index (χ2n) is 3.60. The fourth-order valence-corrected chi connectivity index (χ4v) is 2.49. The molecule has 0 aromatic carbocycles. The van der Waals surface area contributed by atoms with Gasteiger partial charge in [-0.25, -0.2) is 4.98 Å². The molecule has 0 bridgehead atoms. The lowest BCUT2D eigenvalue weighted by atomic mass is 10.2. The van der Waals surface area contributed by atoms with Gasteiger partial charge in [0, 0.05) is 22.6 Å². The first kappa shape index (κ1) is 13.8. The Hall–Kier alpha value is -1.60. The third kappa shape index (κ3) is 3.68. The molecule has 0 saturated carbocycles. The summed E-state index contributed by atoms with van der Waals surface area (Å²) in [6.45, 7) is 0. The minimum absolute atomic E-state index is 0.0139. The fourth-order valence-electron chi connectivity index (χ4n) is 1.43. The first-order valence-electron chi connectivity index (χ1n) is 5.37. The van der Waals surface area contributed by atoms with Crippen molar-refractivity contribution >= 4 is 33.5 Å². The lowest BCUT2D eigenvalue weighted by Gasteiger charge is -2.06. The summed E-state index contributed by atoms with van der Waals surface area (Å²) in [5.74, 6) is 0.661. The van der Waals surface area contributed by atoms with Gasteiger partial charge in [-0.1, -0.05) is 11.2 Å². The van der Waals surface area contributed by atoms with Crippen molar-refractivity contribution in [2.24, 2.45) is 10.9 Å². The zero-order chi connectivity index (χ0) is 13.7. The molecule has 0 atom stereocenters. The van der Waals surface area contributed by atoms with Crippen LogP contribution >= 0.6 is 27.7 Å². The number of nitrogens with two attached hydrogens (primary N) is 1. The Morgan fingerprint density at radius 3 is 2.89 bits per heavy atom. The van der Waals surface area contributed by atoms with Gasteiger partial charge in [0.05, 0.1) is 5.03 Å². The van der Waals surface area contributed by atoms with Gasteiger partial charge >= 0.3 is 0 Å². The Morgan fingerprint density at radius 1 is 1.37 bits per heavy atom. The van der Waals surface area contributed by atoms with Crippen LogP contribution in [0.25, 0.3) is 0 Å². The van der Waals surface area contributed by atoms with E-state index in [-0.39, 0.29) is 5.84 Å². The first-order valence-corrected chi connectivity index (χ1v) is 7.14. The van der Waals surface area contributed by atoms with Crippen LogP contribution in [0.1, 0.15) is 11.3 Å². The third-order valence-electron chi connectivity index (χ3n) is 2.32. The van der Waals surface area contributed by atoms with Crippen molar-refractivity contribution in [3.8, 4) is 0 Å². The van der Waals surface area contributed by atoms with Crippen LogP contribution in [0.3, 0.4) is 0 Å². The van der Waals surface area contributed by atoms with Crippen molar-refractivity contribution in [1.82, 2.24) is 9.97 Å². The van der Waals surface area contributed by atoms with E-state index in [2.05, 4.69) is 31.1 Å². The second-order valence-corrected chi connectivity index (χ2v) is 5.51. The van der Waals surface area contributed by atoms with E-state index in [4.69, 9.17) is 10.9 Å². The smallest absolute Gasteiger partial charge is 0.189 e. The number of rotatable bonds is 4. The number of halogens is 1. The zero-order valence-corrected chi connectivity index (χ0v) is 12.2. The van der Waals surface area contributed by atoms with E-state index >= 15 is 0 Å². The highest BCUT2D eigenvalue weighted by Gasteiger charge is 2.08. The molecule has 0 spiro atoms. The minimum Gasteiger partial charge on any atom is -0.409 e. The predicted molar refractivity (Wildman–Crippen MR) is 78.2 cm³/mol. The van der Waals surface area contributed by atoms with Crippen molar-refractivity contribution in [2.45, 2.75) is 10.8 Å². The van der Waals surface area contributed by atoms with Crippen LogP contribution in [-0.2, 0) is 5.75 Å². The Bertz CT molecular complexity index is 589. The molecule has 3 N–H and O–H groups in total. The molecule has 0 fully saturated rings. The molecule has 0 amide bonds. The van der Waals surface area contributed by atoms with Gasteiger partial charge in [-0.15, -0.1) is 11.8 Å². The molecule has 2 aromatic rings. The summed E-state index contributed by atoms with van der Waals surface area (Å²) in [6.07, 6.45) is 3.36. The standard InChI is InChI=1S/C12H11BrN4OS/c13-9-3-4-10(16-6-9)19-7-8-2-1-5-15-11(8)12(14)17-18/h1-6,18H,7H2,(H2,14,17). The van der Waals surface area contributed by atoms with Crippen LogP contribution in [-0.4, -0.2) is 21.0 Å². The molecule has 0 aliphatic heterocycles. The lowest BCUT2D eigenvalue weighted by molar-refractivity contribution is 0.318. The van der Waals surface area contributed by atoms with Crippen LogP contribution in [0.15, 0.2) is 51.3 Å². The van der Waals surface area contributed by atoms with Gasteiger partial charge in [0.1, 0.15) is 5.69 Å². The molecule has 2 aromatic heterocycles. The normalized spacial score (nSPS) is 11.5. The molecule has 5 nitrogen and oxygen atoms in total. The quantitative estimate of drug-likeness (QED) is 0.294. The van der Waals surface area contributed by atoms with E-state index in [9.17, 15) is 0 Å². The number of hydrogen-bond acceptors (Lipinski definition) is 5. The number of nitrogens with zero attached hydrogens (tertiary/aromatic N) is 3. The Morgan fingerprint density at radius 2 is 2.21 bits per heavy atom. The van der Waals surface area contributed by atoms with Crippen molar-refractivity contribution in [2.75, 3.05) is 0 Å². The summed E-state index contributed by atoms with van der Waals surface area (Å²) in [4.78, 5) is 8.39. The molecule has 0 radical (unpaired) electrons. The number of amidine groups is 1. The molecule has 98 valence electrons. The molecular formula is C12H11BrN4OS. The monoisotopic (exact) mass is 338 g/mol. The lowest BCUT2D eigenvalue weighted by Crippen LogP contribution is -2.17. The summed E-state index contributed by atoms with van der Waals surface area (Å²) >= 11 is 4.90. The van der Waals surface area contributed by atoms with Crippen LogP contribution in [0.2, 0.25) is 0 Å². The average molecular weight is 339 g/mol. The van der Waals surface area contributed by atoms with Gasteiger partial charge in [-0.05, 0) is 39.7 Å². The highest BCUT2D eigenvalue weighted by Crippen LogP contribution is 2.23. The molecule has 2 rings (SSSR count). The van der Waals surface area contributed by atoms with Crippen molar-refractivity contribution in [1.29, 1.82) is 0 Å². The molecule has 0 saturated heterocycles. The number of thioether (sulfide) groups is 1. The van der Waals surface area contributed by atoms with E-state index in [0.29, 0.717) is 11.4 Å². The maximum atomic E-state index is 8.73. The first-order chi connectivity index (χ1) is 9.20. The van der Waals surface area contributed by atoms with Crippen molar-refractivity contribution in [3.05, 3.63) is 52.4 Å². The minimum atomic E-state index is 0.0139. The fraction of sp³-hybridized carbons (Fsp3) is 0.0833. The van der Waals surface area contributed by atoms with E-state index in [1.165, 1.54) is 0 Å². The summed E-state index contributed by atoms with van der Waals surface area (Å²) in [5, 5.41) is 12.6. The third-order valence-corrected chi connectivity index (χ3v) is 3.78.